The largest absolute Gasteiger partial charge is 0.370 e. The maximum atomic E-state index is 13.1. The van der Waals surface area contributed by atoms with Gasteiger partial charge in [-0.1, -0.05) is 35.9 Å². The van der Waals surface area contributed by atoms with Crippen molar-refractivity contribution < 1.29 is 4.79 Å². The van der Waals surface area contributed by atoms with E-state index >= 15 is 0 Å². The highest BCUT2D eigenvalue weighted by molar-refractivity contribution is 6.10. The number of carbonyl (C=O) groups is 1. The van der Waals surface area contributed by atoms with Gasteiger partial charge in [0.1, 0.15) is 0 Å². The van der Waals surface area contributed by atoms with Crippen LogP contribution in [0.5, 0.6) is 0 Å². The SMILES string of the molecule is Cc1ccc2c(=O)n(-c3c(C)cccc3C)cc(C(=O)N=C(N)N)c2c1. The number of amides is 1. The van der Waals surface area contributed by atoms with E-state index in [1.807, 2.05) is 45.0 Å². The van der Waals surface area contributed by atoms with Crippen molar-refractivity contribution in [3.8, 4) is 5.69 Å². The zero-order valence-corrected chi connectivity index (χ0v) is 14.9. The molecule has 26 heavy (non-hydrogen) atoms. The summed E-state index contributed by atoms with van der Waals surface area (Å²) in [6.07, 6.45) is 1.52. The first-order chi connectivity index (χ1) is 12.3. The Morgan fingerprint density at radius 2 is 1.65 bits per heavy atom. The molecule has 0 aliphatic carbocycles. The number of para-hydroxylation sites is 1. The fraction of sp³-hybridized carbons (Fsp3) is 0.150. The van der Waals surface area contributed by atoms with Gasteiger partial charge in [0.25, 0.3) is 11.5 Å². The van der Waals surface area contributed by atoms with Crippen LogP contribution in [0.15, 0.2) is 52.4 Å². The molecule has 6 nitrogen and oxygen atoms in total. The van der Waals surface area contributed by atoms with Crippen LogP contribution in [0, 0.1) is 20.8 Å². The third kappa shape index (κ3) is 2.97. The van der Waals surface area contributed by atoms with E-state index in [0.717, 1.165) is 22.4 Å². The highest BCUT2D eigenvalue weighted by Gasteiger charge is 2.17. The highest BCUT2D eigenvalue weighted by Crippen LogP contribution is 2.23. The van der Waals surface area contributed by atoms with Crippen molar-refractivity contribution in [3.63, 3.8) is 0 Å². The van der Waals surface area contributed by atoms with Crippen molar-refractivity contribution in [1.82, 2.24) is 4.57 Å². The van der Waals surface area contributed by atoms with Crippen LogP contribution in [0.1, 0.15) is 27.0 Å². The minimum Gasteiger partial charge on any atom is -0.370 e. The molecular weight excluding hydrogens is 328 g/mol. The van der Waals surface area contributed by atoms with Gasteiger partial charge in [-0.05, 0) is 38.0 Å². The first-order valence-electron chi connectivity index (χ1n) is 8.16. The number of nitrogens with two attached hydrogens (primary N) is 2. The summed E-state index contributed by atoms with van der Waals surface area (Å²) in [4.78, 5) is 29.3. The molecule has 0 bridgehead atoms. The molecule has 0 fully saturated rings. The van der Waals surface area contributed by atoms with E-state index in [0.29, 0.717) is 10.8 Å². The molecule has 0 unspecified atom stereocenters. The molecule has 132 valence electrons. The van der Waals surface area contributed by atoms with Gasteiger partial charge in [-0.2, -0.15) is 4.99 Å². The molecule has 3 aromatic rings. The summed E-state index contributed by atoms with van der Waals surface area (Å²) in [7, 11) is 0. The average Bonchev–Trinajstić information content (AvgIpc) is 2.55. The van der Waals surface area contributed by atoms with Crippen molar-refractivity contribution in [2.24, 2.45) is 16.5 Å². The molecule has 0 saturated heterocycles. The van der Waals surface area contributed by atoms with Crippen molar-refractivity contribution >= 4 is 22.6 Å². The van der Waals surface area contributed by atoms with Gasteiger partial charge in [-0.3, -0.25) is 14.2 Å². The van der Waals surface area contributed by atoms with Gasteiger partial charge in [0.15, 0.2) is 5.96 Å². The molecule has 0 aliphatic heterocycles. The van der Waals surface area contributed by atoms with E-state index in [1.165, 1.54) is 10.8 Å². The monoisotopic (exact) mass is 348 g/mol. The number of guanidine groups is 1. The fourth-order valence-corrected chi connectivity index (χ4v) is 3.15. The maximum Gasteiger partial charge on any atom is 0.282 e. The Labute approximate surface area is 150 Å². The predicted octanol–water partition coefficient (Wildman–Crippen LogP) is 2.33. The number of aliphatic imine (C=N–C) groups is 1. The Balaban J connectivity index is 2.45. The topological polar surface area (TPSA) is 103 Å². The van der Waals surface area contributed by atoms with Crippen LogP contribution >= 0.6 is 0 Å². The lowest BCUT2D eigenvalue weighted by Gasteiger charge is -2.15. The summed E-state index contributed by atoms with van der Waals surface area (Å²) in [5, 5.41) is 0.974. The first-order valence-corrected chi connectivity index (χ1v) is 8.16. The van der Waals surface area contributed by atoms with E-state index in [-0.39, 0.29) is 17.1 Å². The van der Waals surface area contributed by atoms with Gasteiger partial charge in [0, 0.05) is 17.0 Å². The Morgan fingerprint density at radius 1 is 1.00 bits per heavy atom. The maximum absolute atomic E-state index is 13.1. The van der Waals surface area contributed by atoms with Gasteiger partial charge in [0.2, 0.25) is 0 Å². The summed E-state index contributed by atoms with van der Waals surface area (Å²) in [5.41, 5.74) is 14.4. The molecule has 1 heterocycles. The van der Waals surface area contributed by atoms with Gasteiger partial charge in [0.05, 0.1) is 11.3 Å². The van der Waals surface area contributed by atoms with Gasteiger partial charge in [-0.25, -0.2) is 0 Å². The number of nitrogens with zero attached hydrogens (tertiary/aromatic N) is 2. The quantitative estimate of drug-likeness (QED) is 0.548. The third-order valence-corrected chi connectivity index (χ3v) is 4.31. The molecular formula is C20H20N4O2. The van der Waals surface area contributed by atoms with Crippen molar-refractivity contribution in [3.05, 3.63) is 75.2 Å². The van der Waals surface area contributed by atoms with Crippen LogP contribution in [0.25, 0.3) is 16.5 Å². The number of aryl methyl sites for hydroxylation is 3. The number of aromatic nitrogens is 1. The molecule has 0 spiro atoms. The molecule has 1 aromatic heterocycles. The minimum absolute atomic E-state index is 0.196. The van der Waals surface area contributed by atoms with E-state index in [9.17, 15) is 9.59 Å². The second kappa shape index (κ2) is 6.48. The summed E-state index contributed by atoms with van der Waals surface area (Å²) in [6.45, 7) is 5.74. The summed E-state index contributed by atoms with van der Waals surface area (Å²) in [6, 6.07) is 11.1. The third-order valence-electron chi connectivity index (χ3n) is 4.31. The normalized spacial score (nSPS) is 10.7. The Morgan fingerprint density at radius 3 is 2.27 bits per heavy atom. The zero-order chi connectivity index (χ0) is 19.0. The minimum atomic E-state index is -0.583. The fourth-order valence-electron chi connectivity index (χ4n) is 3.15. The van der Waals surface area contributed by atoms with Crippen LogP contribution in [-0.2, 0) is 0 Å². The lowest BCUT2D eigenvalue weighted by Crippen LogP contribution is -2.25. The molecule has 0 atom stereocenters. The van der Waals surface area contributed by atoms with Crippen LogP contribution < -0.4 is 17.0 Å². The standard InChI is InChI=1S/C20H20N4O2/c1-11-7-8-14-15(9-11)16(18(25)23-20(21)22)10-24(19(14)26)17-12(2)5-4-6-13(17)3/h4-10H,1-3H3,(H4,21,22,23,25). The van der Waals surface area contributed by atoms with Crippen LogP contribution in [-0.4, -0.2) is 16.4 Å². The average molecular weight is 348 g/mol. The lowest BCUT2D eigenvalue weighted by atomic mass is 10.0. The Hall–Kier alpha value is -3.41. The van der Waals surface area contributed by atoms with Crippen molar-refractivity contribution in [1.29, 1.82) is 0 Å². The van der Waals surface area contributed by atoms with Crippen LogP contribution in [0.2, 0.25) is 0 Å². The van der Waals surface area contributed by atoms with Crippen molar-refractivity contribution in [2.45, 2.75) is 20.8 Å². The molecule has 4 N–H and O–H groups in total. The number of hydrogen-bond donors (Lipinski definition) is 2. The lowest BCUT2D eigenvalue weighted by molar-refractivity contribution is 0.100. The second-order valence-electron chi connectivity index (χ2n) is 6.35. The molecule has 1 amide bonds. The second-order valence-corrected chi connectivity index (χ2v) is 6.35. The predicted molar refractivity (Wildman–Crippen MR) is 104 cm³/mol. The van der Waals surface area contributed by atoms with E-state index < -0.39 is 5.91 Å². The van der Waals surface area contributed by atoms with Gasteiger partial charge in [-0.15, -0.1) is 0 Å². The van der Waals surface area contributed by atoms with E-state index in [1.54, 1.807) is 12.1 Å². The highest BCUT2D eigenvalue weighted by atomic mass is 16.1. The van der Waals surface area contributed by atoms with Gasteiger partial charge >= 0.3 is 0 Å². The zero-order valence-electron chi connectivity index (χ0n) is 14.9. The Kier molecular flexibility index (Phi) is 4.34. The number of benzene rings is 2. The van der Waals surface area contributed by atoms with E-state index in [2.05, 4.69) is 4.99 Å². The summed E-state index contributed by atoms with van der Waals surface area (Å²) >= 11 is 0. The van der Waals surface area contributed by atoms with Crippen LogP contribution in [0.4, 0.5) is 0 Å². The van der Waals surface area contributed by atoms with Gasteiger partial charge < -0.3 is 11.5 Å². The molecule has 6 heteroatoms. The number of carbonyl (C=O) groups excluding carboxylic acids is 1. The van der Waals surface area contributed by atoms with Crippen molar-refractivity contribution in [2.75, 3.05) is 0 Å². The number of pyridine rings is 1. The number of fused-ring (bicyclic) bond motifs is 1. The van der Waals surface area contributed by atoms with Crippen LogP contribution in [0.3, 0.4) is 0 Å². The summed E-state index contributed by atoms with van der Waals surface area (Å²) < 4.78 is 1.50. The number of hydrogen-bond acceptors (Lipinski definition) is 2. The molecule has 0 radical (unpaired) electrons. The number of rotatable bonds is 2. The molecule has 0 saturated carbocycles. The van der Waals surface area contributed by atoms with E-state index in [4.69, 9.17) is 11.5 Å². The smallest absolute Gasteiger partial charge is 0.282 e. The molecule has 2 aromatic carbocycles. The summed E-state index contributed by atoms with van der Waals surface area (Å²) in [5.74, 6) is -0.902. The molecule has 0 aliphatic rings. The Bertz CT molecular complexity index is 1100. The molecule has 3 rings (SSSR count). The first kappa shape index (κ1) is 17.4.